The van der Waals surface area contributed by atoms with Gasteiger partial charge in [0.25, 0.3) is 0 Å². The van der Waals surface area contributed by atoms with Gasteiger partial charge in [-0.3, -0.25) is 4.90 Å². The van der Waals surface area contributed by atoms with Crippen LogP contribution in [-0.4, -0.2) is 53.2 Å². The van der Waals surface area contributed by atoms with Crippen molar-refractivity contribution < 1.29 is 8.42 Å². The quantitative estimate of drug-likeness (QED) is 0.791. The van der Waals surface area contributed by atoms with Crippen molar-refractivity contribution >= 4 is 9.84 Å². The molecule has 1 aromatic heterocycles. The van der Waals surface area contributed by atoms with Crippen LogP contribution in [0.25, 0.3) is 0 Å². The van der Waals surface area contributed by atoms with E-state index in [1.165, 1.54) is 6.26 Å². The summed E-state index contributed by atoms with van der Waals surface area (Å²) in [5.74, 6) is 1.51. The van der Waals surface area contributed by atoms with E-state index in [-0.39, 0.29) is 5.92 Å². The van der Waals surface area contributed by atoms with E-state index in [0.29, 0.717) is 5.75 Å². The molecule has 108 valence electrons. The third-order valence-electron chi connectivity index (χ3n) is 3.50. The molecule has 1 aliphatic rings. The number of rotatable bonds is 5. The second-order valence-corrected chi connectivity index (χ2v) is 7.51. The van der Waals surface area contributed by atoms with Crippen molar-refractivity contribution in [1.82, 2.24) is 19.7 Å². The fourth-order valence-electron chi connectivity index (χ4n) is 2.73. The SMILES string of the molecule is CCn1ncnc1CN1CCC[C@@H](CS(C)(=O)=O)C1. The van der Waals surface area contributed by atoms with Gasteiger partial charge in [0.2, 0.25) is 0 Å². The topological polar surface area (TPSA) is 68.1 Å². The number of piperidine rings is 1. The summed E-state index contributed by atoms with van der Waals surface area (Å²) >= 11 is 0. The van der Waals surface area contributed by atoms with Crippen molar-refractivity contribution in [2.45, 2.75) is 32.9 Å². The van der Waals surface area contributed by atoms with Crippen molar-refractivity contribution in [3.63, 3.8) is 0 Å². The lowest BCUT2D eigenvalue weighted by Gasteiger charge is -2.31. The molecule has 1 atom stereocenters. The van der Waals surface area contributed by atoms with Gasteiger partial charge in [0, 0.05) is 19.3 Å². The van der Waals surface area contributed by atoms with E-state index in [1.807, 2.05) is 11.6 Å². The van der Waals surface area contributed by atoms with Crippen LogP contribution in [0.15, 0.2) is 6.33 Å². The van der Waals surface area contributed by atoms with Gasteiger partial charge in [-0.25, -0.2) is 18.1 Å². The first kappa shape index (κ1) is 14.5. The fraction of sp³-hybridized carbons (Fsp3) is 0.833. The molecule has 0 amide bonds. The third kappa shape index (κ3) is 4.28. The number of nitrogens with zero attached hydrogens (tertiary/aromatic N) is 4. The molecule has 0 unspecified atom stereocenters. The summed E-state index contributed by atoms with van der Waals surface area (Å²) < 4.78 is 24.6. The summed E-state index contributed by atoms with van der Waals surface area (Å²) in [5, 5.41) is 4.16. The first-order chi connectivity index (χ1) is 8.98. The Labute approximate surface area is 114 Å². The second kappa shape index (κ2) is 6.00. The van der Waals surface area contributed by atoms with Gasteiger partial charge in [0.15, 0.2) is 0 Å². The van der Waals surface area contributed by atoms with Crippen molar-refractivity contribution in [2.75, 3.05) is 25.1 Å². The van der Waals surface area contributed by atoms with Gasteiger partial charge in [0.05, 0.1) is 12.3 Å². The molecule has 7 heteroatoms. The summed E-state index contributed by atoms with van der Waals surface area (Å²) in [7, 11) is -2.88. The molecular formula is C12H22N4O2S. The zero-order chi connectivity index (χ0) is 13.9. The highest BCUT2D eigenvalue weighted by Gasteiger charge is 2.24. The minimum Gasteiger partial charge on any atom is -0.296 e. The van der Waals surface area contributed by atoms with E-state index in [2.05, 4.69) is 15.0 Å². The van der Waals surface area contributed by atoms with Gasteiger partial charge >= 0.3 is 0 Å². The number of sulfone groups is 1. The van der Waals surface area contributed by atoms with E-state index in [1.54, 1.807) is 6.33 Å². The molecule has 1 saturated heterocycles. The summed E-state index contributed by atoms with van der Waals surface area (Å²) in [6.45, 7) is 5.46. The largest absolute Gasteiger partial charge is 0.296 e. The van der Waals surface area contributed by atoms with Crippen molar-refractivity contribution in [3.05, 3.63) is 12.2 Å². The molecule has 2 heterocycles. The van der Waals surface area contributed by atoms with Gasteiger partial charge in [-0.05, 0) is 32.2 Å². The van der Waals surface area contributed by atoms with Crippen LogP contribution >= 0.6 is 0 Å². The molecule has 0 aromatic carbocycles. The number of likely N-dealkylation sites (tertiary alicyclic amines) is 1. The predicted molar refractivity (Wildman–Crippen MR) is 73.4 cm³/mol. The summed E-state index contributed by atoms with van der Waals surface area (Å²) in [5.41, 5.74) is 0. The average molecular weight is 286 g/mol. The summed E-state index contributed by atoms with van der Waals surface area (Å²) in [4.78, 5) is 6.56. The fourth-order valence-corrected chi connectivity index (χ4v) is 3.86. The van der Waals surface area contributed by atoms with Gasteiger partial charge in [-0.1, -0.05) is 0 Å². The van der Waals surface area contributed by atoms with E-state index in [4.69, 9.17) is 0 Å². The van der Waals surface area contributed by atoms with Crippen LogP contribution < -0.4 is 0 Å². The van der Waals surface area contributed by atoms with Gasteiger partial charge in [-0.15, -0.1) is 0 Å². The zero-order valence-corrected chi connectivity index (χ0v) is 12.4. The molecule has 6 nitrogen and oxygen atoms in total. The Hall–Kier alpha value is -0.950. The van der Waals surface area contributed by atoms with Crippen LogP contribution in [-0.2, 0) is 22.9 Å². The molecule has 0 aliphatic carbocycles. The number of hydrogen-bond donors (Lipinski definition) is 0. The highest BCUT2D eigenvalue weighted by atomic mass is 32.2. The van der Waals surface area contributed by atoms with Crippen LogP contribution in [0, 0.1) is 5.92 Å². The maximum Gasteiger partial charge on any atom is 0.147 e. The second-order valence-electron chi connectivity index (χ2n) is 5.33. The Morgan fingerprint density at radius 3 is 2.95 bits per heavy atom. The Morgan fingerprint density at radius 2 is 2.26 bits per heavy atom. The van der Waals surface area contributed by atoms with Crippen molar-refractivity contribution in [2.24, 2.45) is 5.92 Å². The van der Waals surface area contributed by atoms with Crippen molar-refractivity contribution in [3.8, 4) is 0 Å². The van der Waals surface area contributed by atoms with Gasteiger partial charge in [-0.2, -0.15) is 5.10 Å². The molecule has 1 aromatic rings. The lowest BCUT2D eigenvalue weighted by atomic mass is 10.0. The Kier molecular flexibility index (Phi) is 4.57. The molecular weight excluding hydrogens is 264 g/mol. The van der Waals surface area contributed by atoms with Crippen LogP contribution in [0.1, 0.15) is 25.6 Å². The van der Waals surface area contributed by atoms with Gasteiger partial charge in [0.1, 0.15) is 22.0 Å². The molecule has 0 spiro atoms. The number of aromatic nitrogens is 3. The van der Waals surface area contributed by atoms with E-state index >= 15 is 0 Å². The monoisotopic (exact) mass is 286 g/mol. The Morgan fingerprint density at radius 1 is 1.47 bits per heavy atom. The number of aryl methyl sites for hydroxylation is 1. The maximum absolute atomic E-state index is 11.4. The maximum atomic E-state index is 11.4. The number of hydrogen-bond acceptors (Lipinski definition) is 5. The van der Waals surface area contributed by atoms with Gasteiger partial charge < -0.3 is 0 Å². The van der Waals surface area contributed by atoms with E-state index < -0.39 is 9.84 Å². The van der Waals surface area contributed by atoms with Crippen LogP contribution in [0.3, 0.4) is 0 Å². The molecule has 19 heavy (non-hydrogen) atoms. The minimum atomic E-state index is -2.88. The standard InChI is InChI=1S/C12H22N4O2S/c1-3-16-12(13-10-14-16)8-15-6-4-5-11(7-15)9-19(2,17)18/h10-11H,3-9H2,1-2H3/t11-/m1/s1. The smallest absolute Gasteiger partial charge is 0.147 e. The summed E-state index contributed by atoms with van der Waals surface area (Å²) in [6, 6.07) is 0. The predicted octanol–water partition coefficient (Wildman–Crippen LogP) is 0.555. The normalized spacial score (nSPS) is 21.7. The zero-order valence-electron chi connectivity index (χ0n) is 11.6. The molecule has 0 saturated carbocycles. The minimum absolute atomic E-state index is 0.252. The lowest BCUT2D eigenvalue weighted by molar-refractivity contribution is 0.171. The van der Waals surface area contributed by atoms with E-state index in [9.17, 15) is 8.42 Å². The first-order valence-corrected chi connectivity index (χ1v) is 8.80. The van der Waals surface area contributed by atoms with Crippen molar-refractivity contribution in [1.29, 1.82) is 0 Å². The Bertz CT molecular complexity index is 512. The first-order valence-electron chi connectivity index (χ1n) is 6.74. The van der Waals surface area contributed by atoms with Crippen LogP contribution in [0.2, 0.25) is 0 Å². The van der Waals surface area contributed by atoms with Crippen LogP contribution in [0.5, 0.6) is 0 Å². The molecule has 0 N–H and O–H groups in total. The molecule has 1 aliphatic heterocycles. The molecule has 1 fully saturated rings. The Balaban J connectivity index is 1.94. The van der Waals surface area contributed by atoms with E-state index in [0.717, 1.165) is 44.8 Å². The molecule has 0 bridgehead atoms. The third-order valence-corrected chi connectivity index (χ3v) is 4.58. The average Bonchev–Trinajstić information content (AvgIpc) is 2.74. The van der Waals surface area contributed by atoms with Crippen LogP contribution in [0.4, 0.5) is 0 Å². The highest BCUT2D eigenvalue weighted by Crippen LogP contribution is 2.19. The highest BCUT2D eigenvalue weighted by molar-refractivity contribution is 7.90. The summed E-state index contributed by atoms with van der Waals surface area (Å²) in [6.07, 6.45) is 4.96. The lowest BCUT2D eigenvalue weighted by Crippen LogP contribution is -2.38. The molecule has 2 rings (SSSR count). The molecule has 0 radical (unpaired) electrons.